The first-order chi connectivity index (χ1) is 15.2. The molecule has 4 heterocycles. The summed E-state index contributed by atoms with van der Waals surface area (Å²) in [4.78, 5) is 27.0. The fourth-order valence-electron chi connectivity index (χ4n) is 5.85. The number of amides is 1. The summed E-state index contributed by atoms with van der Waals surface area (Å²) in [5.74, 6) is 2.30. The number of thiazole rings is 1. The van der Waals surface area contributed by atoms with Gasteiger partial charge in [0, 0.05) is 37.3 Å². The lowest BCUT2D eigenvalue weighted by Gasteiger charge is -2.45. The van der Waals surface area contributed by atoms with Crippen molar-refractivity contribution in [3.8, 4) is 0 Å². The highest BCUT2D eigenvalue weighted by Gasteiger charge is 2.45. The zero-order valence-corrected chi connectivity index (χ0v) is 18.7. The molecule has 1 amide bonds. The lowest BCUT2D eigenvalue weighted by molar-refractivity contribution is -0.141. The number of benzene rings is 1. The summed E-state index contributed by atoms with van der Waals surface area (Å²) in [5.41, 5.74) is 5.62. The number of aromatic nitrogens is 2. The maximum Gasteiger partial charge on any atom is 0.225 e. The molecule has 2 saturated heterocycles. The normalized spacial score (nSPS) is 27.5. The number of hydrogen-bond acceptors (Lipinski definition) is 5. The van der Waals surface area contributed by atoms with Gasteiger partial charge in [0.15, 0.2) is 0 Å². The van der Waals surface area contributed by atoms with Gasteiger partial charge in [-0.25, -0.2) is 9.97 Å². The zero-order valence-electron chi connectivity index (χ0n) is 17.9. The summed E-state index contributed by atoms with van der Waals surface area (Å²) in [5, 5.41) is 0. The van der Waals surface area contributed by atoms with Crippen LogP contribution in [-0.2, 0) is 11.2 Å². The van der Waals surface area contributed by atoms with Gasteiger partial charge in [0.25, 0.3) is 0 Å². The molecule has 0 radical (unpaired) electrons. The van der Waals surface area contributed by atoms with Gasteiger partial charge in [-0.1, -0.05) is 18.2 Å². The highest BCUT2D eigenvalue weighted by molar-refractivity contribution is 7.16. The minimum atomic E-state index is 0.217. The summed E-state index contributed by atoms with van der Waals surface area (Å²) < 4.78 is 1.31. The topological polar surface area (TPSA) is 49.3 Å². The maximum atomic E-state index is 13.2. The van der Waals surface area contributed by atoms with E-state index in [1.165, 1.54) is 15.8 Å². The van der Waals surface area contributed by atoms with E-state index in [0.717, 1.165) is 56.5 Å². The quantitative estimate of drug-likeness (QED) is 0.611. The van der Waals surface area contributed by atoms with Crippen molar-refractivity contribution in [2.24, 2.45) is 11.8 Å². The molecule has 6 rings (SSSR count). The Bertz CT molecular complexity index is 1090. The van der Waals surface area contributed by atoms with Crippen LogP contribution >= 0.6 is 11.3 Å². The van der Waals surface area contributed by atoms with E-state index in [4.69, 9.17) is 0 Å². The number of carbonyl (C=O) groups excluding carboxylic acids is 1. The Kier molecular flexibility index (Phi) is 4.71. The number of carbonyl (C=O) groups is 1. The van der Waals surface area contributed by atoms with Crippen molar-refractivity contribution in [3.05, 3.63) is 53.2 Å². The van der Waals surface area contributed by atoms with Crippen molar-refractivity contribution >= 4 is 33.3 Å². The van der Waals surface area contributed by atoms with Crippen LogP contribution in [0.15, 0.2) is 42.0 Å². The molecule has 31 heavy (non-hydrogen) atoms. The van der Waals surface area contributed by atoms with Crippen LogP contribution in [0.4, 0.5) is 5.82 Å². The second-order valence-corrected chi connectivity index (χ2v) is 10.4. The van der Waals surface area contributed by atoms with Crippen molar-refractivity contribution in [1.82, 2.24) is 14.9 Å². The standard InChI is InChI=1S/C25H28N4OS/c1-16-5-8-23(26-12-16)29-20-6-7-21(29)14-28(13-20)25(30)19-10-17(11-19)9-18-3-2-4-22-24(18)31-15-27-22/h2-5,8,12,15,17,19-21H,6-7,9-11,13-14H2,1H3. The first kappa shape index (κ1) is 19.2. The predicted molar refractivity (Wildman–Crippen MR) is 124 cm³/mol. The summed E-state index contributed by atoms with van der Waals surface area (Å²) in [6, 6.07) is 11.5. The predicted octanol–water partition coefficient (Wildman–Crippen LogP) is 4.45. The number of aryl methyl sites for hydroxylation is 1. The molecule has 2 aliphatic heterocycles. The summed E-state index contributed by atoms with van der Waals surface area (Å²) in [6.45, 7) is 3.78. The van der Waals surface area contributed by atoms with E-state index < -0.39 is 0 Å². The number of hydrogen-bond donors (Lipinski definition) is 0. The summed E-state index contributed by atoms with van der Waals surface area (Å²) in [6.07, 6.45) is 7.41. The van der Waals surface area contributed by atoms with E-state index in [-0.39, 0.29) is 5.92 Å². The number of nitrogens with zero attached hydrogens (tertiary/aromatic N) is 4. The highest BCUT2D eigenvalue weighted by Crippen LogP contribution is 2.41. The van der Waals surface area contributed by atoms with Gasteiger partial charge in [-0.05, 0) is 68.2 Å². The number of fused-ring (bicyclic) bond motifs is 3. The average molecular weight is 433 g/mol. The molecule has 1 saturated carbocycles. The van der Waals surface area contributed by atoms with Crippen LogP contribution < -0.4 is 4.90 Å². The lowest BCUT2D eigenvalue weighted by atomic mass is 9.71. The first-order valence-corrected chi connectivity index (χ1v) is 12.3. The Balaban J connectivity index is 1.07. The number of anilines is 1. The van der Waals surface area contributed by atoms with Gasteiger partial charge in [0.1, 0.15) is 5.82 Å². The van der Waals surface area contributed by atoms with Gasteiger partial charge < -0.3 is 9.80 Å². The van der Waals surface area contributed by atoms with Gasteiger partial charge in [-0.3, -0.25) is 4.79 Å². The fraction of sp³-hybridized carbons (Fsp3) is 0.480. The molecule has 3 aromatic rings. The highest BCUT2D eigenvalue weighted by atomic mass is 32.1. The van der Waals surface area contributed by atoms with Crippen LogP contribution in [0.5, 0.6) is 0 Å². The first-order valence-electron chi connectivity index (χ1n) is 11.5. The molecular weight excluding hydrogens is 404 g/mol. The van der Waals surface area contributed by atoms with E-state index in [9.17, 15) is 4.79 Å². The fourth-order valence-corrected chi connectivity index (χ4v) is 6.66. The molecule has 0 spiro atoms. The molecule has 3 aliphatic rings. The molecule has 2 aromatic heterocycles. The smallest absolute Gasteiger partial charge is 0.225 e. The number of piperazine rings is 1. The Morgan fingerprint density at radius 2 is 1.90 bits per heavy atom. The van der Waals surface area contributed by atoms with Gasteiger partial charge in [0.2, 0.25) is 5.91 Å². The molecule has 2 atom stereocenters. The minimum Gasteiger partial charge on any atom is -0.347 e. The molecule has 5 nitrogen and oxygen atoms in total. The van der Waals surface area contributed by atoms with Crippen molar-refractivity contribution in [2.45, 2.75) is 51.1 Å². The lowest BCUT2D eigenvalue weighted by Crippen LogP contribution is -2.57. The minimum absolute atomic E-state index is 0.217. The second-order valence-electron chi connectivity index (χ2n) is 9.59. The molecule has 1 aliphatic carbocycles. The van der Waals surface area contributed by atoms with E-state index in [1.54, 1.807) is 11.3 Å². The monoisotopic (exact) mass is 432 g/mol. The second kappa shape index (κ2) is 7.59. The Labute approximate surface area is 187 Å². The van der Waals surface area contributed by atoms with Crippen LogP contribution in [0.25, 0.3) is 10.2 Å². The number of pyridine rings is 1. The van der Waals surface area contributed by atoms with Gasteiger partial charge in [-0.15, -0.1) is 11.3 Å². The van der Waals surface area contributed by atoms with Crippen molar-refractivity contribution in [3.63, 3.8) is 0 Å². The SMILES string of the molecule is Cc1ccc(N2C3CCC2CN(C(=O)C2CC(Cc4cccc5ncsc45)C2)C3)nc1. The van der Waals surface area contributed by atoms with E-state index in [0.29, 0.717) is 23.9 Å². The average Bonchev–Trinajstić information content (AvgIpc) is 3.33. The van der Waals surface area contributed by atoms with Crippen LogP contribution in [0, 0.1) is 18.8 Å². The van der Waals surface area contributed by atoms with E-state index in [1.807, 2.05) is 11.7 Å². The van der Waals surface area contributed by atoms with Crippen LogP contribution in [0.2, 0.25) is 0 Å². The van der Waals surface area contributed by atoms with Crippen LogP contribution in [0.1, 0.15) is 36.8 Å². The zero-order chi connectivity index (χ0) is 20.9. The Hall–Kier alpha value is -2.47. The van der Waals surface area contributed by atoms with Crippen molar-refractivity contribution in [1.29, 1.82) is 0 Å². The van der Waals surface area contributed by atoms with Gasteiger partial charge >= 0.3 is 0 Å². The maximum absolute atomic E-state index is 13.2. The Morgan fingerprint density at radius 3 is 2.65 bits per heavy atom. The molecule has 3 fully saturated rings. The molecule has 160 valence electrons. The molecule has 2 bridgehead atoms. The summed E-state index contributed by atoms with van der Waals surface area (Å²) >= 11 is 1.73. The third-order valence-corrected chi connectivity index (χ3v) is 8.40. The molecule has 6 heteroatoms. The number of rotatable bonds is 4. The van der Waals surface area contributed by atoms with E-state index in [2.05, 4.69) is 57.0 Å². The summed E-state index contributed by atoms with van der Waals surface area (Å²) in [7, 11) is 0. The van der Waals surface area contributed by atoms with E-state index >= 15 is 0 Å². The molecule has 2 unspecified atom stereocenters. The molecule has 0 N–H and O–H groups in total. The molecular formula is C25H28N4OS. The number of likely N-dealkylation sites (tertiary alicyclic amines) is 1. The van der Waals surface area contributed by atoms with Gasteiger partial charge in [-0.2, -0.15) is 0 Å². The van der Waals surface area contributed by atoms with Crippen LogP contribution in [-0.4, -0.2) is 45.9 Å². The molecule has 1 aromatic carbocycles. The van der Waals surface area contributed by atoms with Crippen LogP contribution in [0.3, 0.4) is 0 Å². The Morgan fingerprint density at radius 1 is 1.10 bits per heavy atom. The largest absolute Gasteiger partial charge is 0.347 e. The van der Waals surface area contributed by atoms with Crippen molar-refractivity contribution in [2.75, 3.05) is 18.0 Å². The third-order valence-electron chi connectivity index (χ3n) is 7.49. The third kappa shape index (κ3) is 3.41. The van der Waals surface area contributed by atoms with Gasteiger partial charge in [0.05, 0.1) is 15.7 Å². The van der Waals surface area contributed by atoms with Crippen molar-refractivity contribution < 1.29 is 4.79 Å².